The topological polar surface area (TPSA) is 64.1 Å². The third-order valence-electron chi connectivity index (χ3n) is 3.54. The number of aromatic nitrogens is 2. The fourth-order valence-electron chi connectivity index (χ4n) is 2.24. The number of hydrogen-bond acceptors (Lipinski definition) is 6. The lowest BCUT2D eigenvalue weighted by Gasteiger charge is -2.10. The minimum atomic E-state index is -0.360. The van der Waals surface area contributed by atoms with Crippen molar-refractivity contribution < 1.29 is 9.53 Å². The molecule has 1 heterocycles. The maximum Gasteiger partial charge on any atom is 0.257 e. The Hall–Kier alpha value is -1.80. The molecule has 0 saturated heterocycles. The number of ether oxygens (including phenoxy) is 1. The summed E-state index contributed by atoms with van der Waals surface area (Å²) in [6.07, 6.45) is 0.830. The molecule has 0 bridgehead atoms. The van der Waals surface area contributed by atoms with E-state index in [1.54, 1.807) is 11.8 Å². The van der Waals surface area contributed by atoms with Gasteiger partial charge < -0.3 is 4.74 Å². The number of amides is 1. The fraction of sp³-hybridized carbons (Fsp3) is 0.211. The Labute approximate surface area is 181 Å². The highest BCUT2D eigenvalue weighted by atomic mass is 35.5. The predicted molar refractivity (Wildman–Crippen MR) is 116 cm³/mol. The average molecular weight is 454 g/mol. The number of anilines is 1. The van der Waals surface area contributed by atoms with Crippen LogP contribution in [-0.2, 0) is 5.75 Å². The summed E-state index contributed by atoms with van der Waals surface area (Å²) >= 11 is 15.3. The van der Waals surface area contributed by atoms with Gasteiger partial charge in [-0.15, -0.1) is 10.2 Å². The monoisotopic (exact) mass is 453 g/mol. The van der Waals surface area contributed by atoms with Crippen LogP contribution in [0.5, 0.6) is 5.75 Å². The maximum absolute atomic E-state index is 12.5. The third kappa shape index (κ3) is 5.61. The zero-order valence-electron chi connectivity index (χ0n) is 14.9. The van der Waals surface area contributed by atoms with Gasteiger partial charge in [-0.2, -0.15) is 0 Å². The van der Waals surface area contributed by atoms with Crippen LogP contribution in [0.4, 0.5) is 5.13 Å². The molecule has 0 aliphatic heterocycles. The van der Waals surface area contributed by atoms with Crippen LogP contribution < -0.4 is 10.1 Å². The van der Waals surface area contributed by atoms with E-state index in [2.05, 4.69) is 27.6 Å². The van der Waals surface area contributed by atoms with E-state index in [9.17, 15) is 4.79 Å². The van der Waals surface area contributed by atoms with Crippen LogP contribution in [-0.4, -0.2) is 22.7 Å². The van der Waals surface area contributed by atoms with Gasteiger partial charge in [-0.25, -0.2) is 0 Å². The molecular weight excluding hydrogens is 437 g/mol. The van der Waals surface area contributed by atoms with E-state index >= 15 is 0 Å². The molecule has 0 radical (unpaired) electrons. The molecule has 146 valence electrons. The van der Waals surface area contributed by atoms with Gasteiger partial charge in [-0.3, -0.25) is 10.1 Å². The van der Waals surface area contributed by atoms with Crippen molar-refractivity contribution in [1.29, 1.82) is 0 Å². The summed E-state index contributed by atoms with van der Waals surface area (Å²) in [4.78, 5) is 12.5. The highest BCUT2D eigenvalue weighted by Gasteiger charge is 2.16. The van der Waals surface area contributed by atoms with E-state index in [0.717, 1.165) is 16.5 Å². The molecule has 5 nitrogen and oxygen atoms in total. The van der Waals surface area contributed by atoms with Crippen molar-refractivity contribution >= 4 is 57.3 Å². The number of hydrogen-bond donors (Lipinski definition) is 1. The zero-order valence-corrected chi connectivity index (χ0v) is 18.1. The Balaban J connectivity index is 1.62. The largest absolute Gasteiger partial charge is 0.490 e. The molecular formula is C19H17Cl2N3O2S2. The van der Waals surface area contributed by atoms with Crippen LogP contribution in [0.1, 0.15) is 29.3 Å². The predicted octanol–water partition coefficient (Wildman–Crippen LogP) is 6.18. The standard InChI is InChI=1S/C19H17Cl2N3O2S2/c1-2-8-26-16-14(20)9-13(10-15(16)21)17(25)22-18-23-24-19(28-18)27-11-12-6-4-3-5-7-12/h3-7,9-10H,2,8,11H2,1H3,(H,22,23,25). The van der Waals surface area contributed by atoms with Crippen LogP contribution in [0, 0.1) is 0 Å². The van der Waals surface area contributed by atoms with Crippen molar-refractivity contribution in [2.24, 2.45) is 0 Å². The molecule has 3 aromatic rings. The second-order valence-electron chi connectivity index (χ2n) is 5.72. The fourth-order valence-corrected chi connectivity index (χ4v) is 4.54. The first-order valence-corrected chi connectivity index (χ1v) is 11.1. The van der Waals surface area contributed by atoms with Gasteiger partial charge in [0.05, 0.1) is 16.7 Å². The molecule has 0 fully saturated rings. The quantitative estimate of drug-likeness (QED) is 0.325. The van der Waals surface area contributed by atoms with Crippen LogP contribution in [0.25, 0.3) is 0 Å². The third-order valence-corrected chi connectivity index (χ3v) is 6.15. The zero-order chi connectivity index (χ0) is 19.9. The van der Waals surface area contributed by atoms with Gasteiger partial charge in [0.25, 0.3) is 5.91 Å². The first kappa shape index (κ1) is 20.9. The Kier molecular flexibility index (Phi) is 7.56. The molecule has 1 amide bonds. The SMILES string of the molecule is CCCOc1c(Cl)cc(C(=O)Nc2nnc(SCc3ccccc3)s2)cc1Cl. The van der Waals surface area contributed by atoms with E-state index in [1.165, 1.54) is 29.0 Å². The minimum absolute atomic E-state index is 0.294. The summed E-state index contributed by atoms with van der Waals surface area (Å²) in [5.74, 6) is 0.812. The van der Waals surface area contributed by atoms with Gasteiger partial charge in [0.1, 0.15) is 0 Å². The van der Waals surface area contributed by atoms with Gasteiger partial charge in [0.15, 0.2) is 10.1 Å². The number of carbonyl (C=O) groups excluding carboxylic acids is 1. The molecule has 0 spiro atoms. The summed E-state index contributed by atoms with van der Waals surface area (Å²) in [5, 5.41) is 11.9. The summed E-state index contributed by atoms with van der Waals surface area (Å²) in [7, 11) is 0. The van der Waals surface area contributed by atoms with Crippen molar-refractivity contribution in [2.75, 3.05) is 11.9 Å². The summed E-state index contributed by atoms with van der Waals surface area (Å²) in [6.45, 7) is 2.48. The van der Waals surface area contributed by atoms with Gasteiger partial charge in [-0.05, 0) is 24.1 Å². The molecule has 3 rings (SSSR count). The normalized spacial score (nSPS) is 10.7. The van der Waals surface area contributed by atoms with Crippen LogP contribution in [0.15, 0.2) is 46.8 Å². The number of benzene rings is 2. The number of rotatable bonds is 8. The van der Waals surface area contributed by atoms with Crippen molar-refractivity contribution in [3.8, 4) is 5.75 Å². The first-order valence-electron chi connectivity index (χ1n) is 8.50. The second kappa shape index (κ2) is 10.1. The van der Waals surface area contributed by atoms with Crippen molar-refractivity contribution in [3.63, 3.8) is 0 Å². The maximum atomic E-state index is 12.5. The lowest BCUT2D eigenvalue weighted by molar-refractivity contribution is 0.102. The van der Waals surface area contributed by atoms with E-state index < -0.39 is 0 Å². The Morgan fingerprint density at radius 2 is 1.89 bits per heavy atom. The van der Waals surface area contributed by atoms with Crippen LogP contribution >= 0.6 is 46.3 Å². The molecule has 1 aromatic heterocycles. The number of halogens is 2. The number of carbonyl (C=O) groups is 1. The Morgan fingerprint density at radius 1 is 1.18 bits per heavy atom. The van der Waals surface area contributed by atoms with Gasteiger partial charge in [-0.1, -0.05) is 83.6 Å². The van der Waals surface area contributed by atoms with Crippen molar-refractivity contribution in [3.05, 3.63) is 63.6 Å². The molecule has 2 aromatic carbocycles. The molecule has 0 aliphatic carbocycles. The molecule has 0 atom stereocenters. The number of nitrogens with one attached hydrogen (secondary N) is 1. The number of nitrogens with zero attached hydrogens (tertiary/aromatic N) is 2. The van der Waals surface area contributed by atoms with Gasteiger partial charge >= 0.3 is 0 Å². The van der Waals surface area contributed by atoms with Crippen molar-refractivity contribution in [1.82, 2.24) is 10.2 Å². The van der Waals surface area contributed by atoms with Crippen LogP contribution in [0.3, 0.4) is 0 Å². The highest BCUT2D eigenvalue weighted by molar-refractivity contribution is 8.00. The summed E-state index contributed by atoms with van der Waals surface area (Å²) in [6, 6.07) is 13.1. The van der Waals surface area contributed by atoms with E-state index in [-0.39, 0.29) is 5.91 Å². The molecule has 1 N–H and O–H groups in total. The van der Waals surface area contributed by atoms with Crippen LogP contribution in [0.2, 0.25) is 10.0 Å². The highest BCUT2D eigenvalue weighted by Crippen LogP contribution is 2.35. The summed E-state index contributed by atoms with van der Waals surface area (Å²) in [5.41, 5.74) is 1.52. The van der Waals surface area contributed by atoms with Crippen molar-refractivity contribution in [2.45, 2.75) is 23.4 Å². The molecule has 0 aliphatic rings. The summed E-state index contributed by atoms with van der Waals surface area (Å²) < 4.78 is 6.29. The lowest BCUT2D eigenvalue weighted by atomic mass is 10.2. The Morgan fingerprint density at radius 3 is 2.57 bits per heavy atom. The lowest BCUT2D eigenvalue weighted by Crippen LogP contribution is -2.12. The molecule has 9 heteroatoms. The number of thioether (sulfide) groups is 1. The molecule has 0 saturated carbocycles. The van der Waals surface area contributed by atoms with E-state index in [4.69, 9.17) is 27.9 Å². The van der Waals surface area contributed by atoms with Gasteiger partial charge in [0, 0.05) is 11.3 Å². The van der Waals surface area contributed by atoms with E-state index in [0.29, 0.717) is 33.1 Å². The second-order valence-corrected chi connectivity index (χ2v) is 8.73. The first-order chi connectivity index (χ1) is 13.6. The minimum Gasteiger partial charge on any atom is -0.490 e. The average Bonchev–Trinajstić information content (AvgIpc) is 3.14. The molecule has 0 unspecified atom stereocenters. The molecule has 28 heavy (non-hydrogen) atoms. The van der Waals surface area contributed by atoms with Gasteiger partial charge in [0.2, 0.25) is 5.13 Å². The van der Waals surface area contributed by atoms with E-state index in [1.807, 2.05) is 25.1 Å². The smallest absolute Gasteiger partial charge is 0.257 e. The Bertz CT molecular complexity index is 928.